The number of ketones is 1. The molecule has 1 unspecified atom stereocenters. The van der Waals surface area contributed by atoms with Crippen molar-refractivity contribution in [2.24, 2.45) is 11.3 Å². The Morgan fingerprint density at radius 2 is 2.25 bits per heavy atom. The van der Waals surface area contributed by atoms with Crippen molar-refractivity contribution < 1.29 is 13.9 Å². The molecule has 1 aliphatic heterocycles. The van der Waals surface area contributed by atoms with Gasteiger partial charge in [-0.3, -0.25) is 4.79 Å². The number of hydrogen-bond donors (Lipinski definition) is 1. The number of rotatable bonds is 5. The van der Waals surface area contributed by atoms with Crippen LogP contribution in [0, 0.1) is 17.2 Å². The monoisotopic (exact) mass is 279 g/mol. The zero-order chi connectivity index (χ0) is 14.8. The van der Waals surface area contributed by atoms with Crippen molar-refractivity contribution in [1.29, 1.82) is 0 Å². The first-order valence-electron chi connectivity index (χ1n) is 7.06. The number of Topliss-reactive ketones (excluding diaryl/α,β-unsaturated/α-hetero) is 1. The SMILES string of the molecule is COc1cccc(CC(=O)C2(C(C)C)CCNC2)c1F. The summed E-state index contributed by atoms with van der Waals surface area (Å²) < 4.78 is 19.1. The highest BCUT2D eigenvalue weighted by molar-refractivity contribution is 5.87. The van der Waals surface area contributed by atoms with E-state index in [0.29, 0.717) is 12.1 Å². The Balaban J connectivity index is 2.23. The van der Waals surface area contributed by atoms with Gasteiger partial charge >= 0.3 is 0 Å². The van der Waals surface area contributed by atoms with Crippen molar-refractivity contribution in [2.45, 2.75) is 26.7 Å². The average molecular weight is 279 g/mol. The highest BCUT2D eigenvalue weighted by Crippen LogP contribution is 2.36. The fourth-order valence-electron chi connectivity index (χ4n) is 2.96. The van der Waals surface area contributed by atoms with Crippen LogP contribution in [0.15, 0.2) is 18.2 Å². The minimum Gasteiger partial charge on any atom is -0.494 e. The van der Waals surface area contributed by atoms with Gasteiger partial charge in [0, 0.05) is 18.4 Å². The number of benzene rings is 1. The molecule has 1 fully saturated rings. The molecule has 1 saturated heterocycles. The van der Waals surface area contributed by atoms with Crippen molar-refractivity contribution in [3.8, 4) is 5.75 Å². The smallest absolute Gasteiger partial charge is 0.168 e. The van der Waals surface area contributed by atoms with E-state index in [1.807, 2.05) is 0 Å². The van der Waals surface area contributed by atoms with Crippen molar-refractivity contribution in [3.63, 3.8) is 0 Å². The van der Waals surface area contributed by atoms with Crippen molar-refractivity contribution in [1.82, 2.24) is 5.32 Å². The molecule has 20 heavy (non-hydrogen) atoms. The first-order valence-corrected chi connectivity index (χ1v) is 7.06. The molecular weight excluding hydrogens is 257 g/mol. The Hall–Kier alpha value is -1.42. The van der Waals surface area contributed by atoms with Gasteiger partial charge in [-0.2, -0.15) is 0 Å². The second kappa shape index (κ2) is 5.92. The number of carbonyl (C=O) groups excluding carboxylic acids is 1. The predicted octanol–water partition coefficient (Wildman–Crippen LogP) is 2.58. The minimum absolute atomic E-state index is 0.115. The summed E-state index contributed by atoms with van der Waals surface area (Å²) in [4.78, 5) is 12.7. The Labute approximate surface area is 119 Å². The average Bonchev–Trinajstić information content (AvgIpc) is 2.92. The zero-order valence-corrected chi connectivity index (χ0v) is 12.3. The molecule has 1 aromatic carbocycles. The summed E-state index contributed by atoms with van der Waals surface area (Å²) in [6.07, 6.45) is 0.956. The van der Waals surface area contributed by atoms with E-state index in [2.05, 4.69) is 19.2 Å². The second-order valence-electron chi connectivity index (χ2n) is 5.77. The molecular formula is C16H22FNO2. The first kappa shape index (κ1) is 15.0. The molecule has 110 valence electrons. The Morgan fingerprint density at radius 1 is 1.50 bits per heavy atom. The van der Waals surface area contributed by atoms with Gasteiger partial charge in [0.2, 0.25) is 0 Å². The summed E-state index contributed by atoms with van der Waals surface area (Å²) in [5, 5.41) is 3.26. The highest BCUT2D eigenvalue weighted by Gasteiger charge is 2.43. The molecule has 1 aliphatic rings. The Bertz CT molecular complexity index is 493. The van der Waals surface area contributed by atoms with Crippen LogP contribution in [0.5, 0.6) is 5.75 Å². The van der Waals surface area contributed by atoms with Crippen molar-refractivity contribution >= 4 is 5.78 Å². The molecule has 0 spiro atoms. The lowest BCUT2D eigenvalue weighted by molar-refractivity contribution is -0.129. The molecule has 2 rings (SSSR count). The summed E-state index contributed by atoms with van der Waals surface area (Å²) >= 11 is 0. The maximum absolute atomic E-state index is 14.2. The van der Waals surface area contributed by atoms with Crippen LogP contribution in [0.1, 0.15) is 25.8 Å². The second-order valence-corrected chi connectivity index (χ2v) is 5.77. The summed E-state index contributed by atoms with van der Waals surface area (Å²) in [7, 11) is 1.43. The van der Waals surface area contributed by atoms with Gasteiger partial charge in [-0.1, -0.05) is 26.0 Å². The van der Waals surface area contributed by atoms with E-state index in [1.165, 1.54) is 7.11 Å². The minimum atomic E-state index is -0.423. The summed E-state index contributed by atoms with van der Waals surface area (Å²) in [5.74, 6) is 0.134. The van der Waals surface area contributed by atoms with Gasteiger partial charge in [0.1, 0.15) is 5.78 Å². The van der Waals surface area contributed by atoms with Crippen LogP contribution in [-0.4, -0.2) is 26.0 Å². The Kier molecular flexibility index (Phi) is 4.43. The van der Waals surface area contributed by atoms with E-state index >= 15 is 0 Å². The van der Waals surface area contributed by atoms with Crippen molar-refractivity contribution in [3.05, 3.63) is 29.6 Å². The molecule has 1 aromatic rings. The number of methoxy groups -OCH3 is 1. The number of nitrogens with one attached hydrogen (secondary N) is 1. The van der Waals surface area contributed by atoms with E-state index in [4.69, 9.17) is 4.74 Å². The molecule has 4 heteroatoms. The van der Waals surface area contributed by atoms with Gasteiger partial charge in [-0.25, -0.2) is 4.39 Å². The van der Waals surface area contributed by atoms with E-state index in [1.54, 1.807) is 18.2 Å². The zero-order valence-electron chi connectivity index (χ0n) is 12.3. The maximum atomic E-state index is 14.2. The summed E-state index contributed by atoms with van der Waals surface area (Å²) in [6.45, 7) is 5.67. The van der Waals surface area contributed by atoms with Gasteiger partial charge in [-0.15, -0.1) is 0 Å². The van der Waals surface area contributed by atoms with Gasteiger partial charge in [0.25, 0.3) is 0 Å². The lowest BCUT2D eigenvalue weighted by Crippen LogP contribution is -2.39. The molecule has 0 aromatic heterocycles. The van der Waals surface area contributed by atoms with E-state index in [-0.39, 0.29) is 29.3 Å². The van der Waals surface area contributed by atoms with Crippen LogP contribution in [0.25, 0.3) is 0 Å². The number of halogens is 1. The van der Waals surface area contributed by atoms with Crippen LogP contribution < -0.4 is 10.1 Å². The lowest BCUT2D eigenvalue weighted by Gasteiger charge is -2.31. The van der Waals surface area contributed by atoms with Gasteiger partial charge in [0.15, 0.2) is 11.6 Å². The van der Waals surface area contributed by atoms with Gasteiger partial charge < -0.3 is 10.1 Å². The quantitative estimate of drug-likeness (QED) is 0.900. The fourth-order valence-corrected chi connectivity index (χ4v) is 2.96. The van der Waals surface area contributed by atoms with Crippen LogP contribution >= 0.6 is 0 Å². The Morgan fingerprint density at radius 3 is 2.80 bits per heavy atom. The van der Waals surface area contributed by atoms with Crippen LogP contribution in [-0.2, 0) is 11.2 Å². The third-order valence-electron chi connectivity index (χ3n) is 4.46. The van der Waals surface area contributed by atoms with Crippen LogP contribution in [0.4, 0.5) is 4.39 Å². The summed E-state index contributed by atoms with van der Waals surface area (Å²) in [5.41, 5.74) is 0.0523. The van der Waals surface area contributed by atoms with Gasteiger partial charge in [-0.05, 0) is 30.5 Å². The predicted molar refractivity (Wildman–Crippen MR) is 76.4 cm³/mol. The molecule has 0 radical (unpaired) electrons. The first-order chi connectivity index (χ1) is 9.51. The van der Waals surface area contributed by atoms with Crippen LogP contribution in [0.2, 0.25) is 0 Å². The highest BCUT2D eigenvalue weighted by atomic mass is 19.1. The third kappa shape index (κ3) is 2.57. The number of carbonyl (C=O) groups is 1. The lowest BCUT2D eigenvalue weighted by atomic mass is 9.71. The largest absolute Gasteiger partial charge is 0.494 e. The molecule has 1 heterocycles. The van der Waals surface area contributed by atoms with E-state index in [9.17, 15) is 9.18 Å². The number of ether oxygens (including phenoxy) is 1. The molecule has 0 saturated carbocycles. The van der Waals surface area contributed by atoms with Crippen molar-refractivity contribution in [2.75, 3.05) is 20.2 Å². The standard InChI is InChI=1S/C16H22FNO2/c1-11(2)16(7-8-18-10-16)14(19)9-12-5-4-6-13(20-3)15(12)17/h4-6,11,18H,7-10H2,1-3H3. The topological polar surface area (TPSA) is 38.3 Å². The molecule has 1 N–H and O–H groups in total. The van der Waals surface area contributed by atoms with Gasteiger partial charge in [0.05, 0.1) is 7.11 Å². The summed E-state index contributed by atoms with van der Waals surface area (Å²) in [6, 6.07) is 4.95. The normalized spacial score (nSPS) is 22.2. The van der Waals surface area contributed by atoms with E-state index < -0.39 is 5.82 Å². The molecule has 0 amide bonds. The maximum Gasteiger partial charge on any atom is 0.168 e. The fraction of sp³-hybridized carbons (Fsp3) is 0.562. The molecule has 3 nitrogen and oxygen atoms in total. The molecule has 1 atom stereocenters. The van der Waals surface area contributed by atoms with E-state index in [0.717, 1.165) is 13.0 Å². The molecule has 0 bridgehead atoms. The van der Waals surface area contributed by atoms with Crippen LogP contribution in [0.3, 0.4) is 0 Å². The number of hydrogen-bond acceptors (Lipinski definition) is 3. The third-order valence-corrected chi connectivity index (χ3v) is 4.46. The molecule has 0 aliphatic carbocycles.